The highest BCUT2D eigenvalue weighted by molar-refractivity contribution is 6.10. The minimum atomic E-state index is -0.418. The van der Waals surface area contributed by atoms with Crippen molar-refractivity contribution in [2.24, 2.45) is 0 Å². The maximum atomic E-state index is 13.0. The lowest BCUT2D eigenvalue weighted by atomic mass is 10.1. The molecule has 30 heavy (non-hydrogen) atoms. The first-order valence-electron chi connectivity index (χ1n) is 9.80. The van der Waals surface area contributed by atoms with Gasteiger partial charge in [0.15, 0.2) is 11.5 Å². The summed E-state index contributed by atoms with van der Waals surface area (Å²) in [7, 11) is 0. The van der Waals surface area contributed by atoms with E-state index >= 15 is 0 Å². The van der Waals surface area contributed by atoms with Gasteiger partial charge in [-0.25, -0.2) is 4.68 Å². The number of aryl methyl sites for hydroxylation is 2. The average molecular weight is 401 g/mol. The van der Waals surface area contributed by atoms with E-state index in [1.54, 1.807) is 30.3 Å². The number of rotatable bonds is 4. The van der Waals surface area contributed by atoms with Crippen molar-refractivity contribution in [1.29, 1.82) is 0 Å². The van der Waals surface area contributed by atoms with Crippen LogP contribution in [0.25, 0.3) is 22.0 Å². The number of aromatic nitrogens is 4. The summed E-state index contributed by atoms with van der Waals surface area (Å²) in [5.74, 6) is -0.0265. The molecule has 2 N–H and O–H groups in total. The number of carbonyl (C=O) groups excluding carboxylic acids is 1. The summed E-state index contributed by atoms with van der Waals surface area (Å²) < 4.78 is 1.34. The molecular weight excluding hydrogens is 378 g/mol. The highest BCUT2D eigenvalue weighted by atomic mass is 16.2. The summed E-state index contributed by atoms with van der Waals surface area (Å²) >= 11 is 0. The fourth-order valence-corrected chi connectivity index (χ4v) is 3.56. The maximum absolute atomic E-state index is 13.0. The van der Waals surface area contributed by atoms with Crippen LogP contribution in [0.2, 0.25) is 0 Å². The summed E-state index contributed by atoms with van der Waals surface area (Å²) in [6, 6.07) is 14.8. The van der Waals surface area contributed by atoms with Crippen molar-refractivity contribution in [3.05, 3.63) is 75.7 Å². The van der Waals surface area contributed by atoms with Crippen LogP contribution in [-0.4, -0.2) is 25.9 Å². The molecule has 0 saturated carbocycles. The third-order valence-corrected chi connectivity index (χ3v) is 4.88. The lowest BCUT2D eigenvalue weighted by molar-refractivity contribution is 0.102. The second kappa shape index (κ2) is 7.59. The fourth-order valence-electron chi connectivity index (χ4n) is 3.56. The number of carbonyl (C=O) groups is 1. The molecule has 0 bridgehead atoms. The molecule has 7 heteroatoms. The van der Waals surface area contributed by atoms with Crippen LogP contribution >= 0.6 is 0 Å². The zero-order valence-corrected chi connectivity index (χ0v) is 17.4. The fraction of sp³-hybridized carbons (Fsp3) is 0.217. The van der Waals surface area contributed by atoms with Crippen molar-refractivity contribution in [1.82, 2.24) is 20.0 Å². The van der Waals surface area contributed by atoms with Crippen molar-refractivity contribution in [3.63, 3.8) is 0 Å². The topological polar surface area (TPSA) is 92.7 Å². The lowest BCUT2D eigenvalue weighted by Gasteiger charge is -2.12. The number of nitrogens with zero attached hydrogens (tertiary/aromatic N) is 3. The number of fused-ring (bicyclic) bond motifs is 1. The normalized spacial score (nSPS) is 11.2. The summed E-state index contributed by atoms with van der Waals surface area (Å²) in [5.41, 5.74) is 4.08. The summed E-state index contributed by atoms with van der Waals surface area (Å²) in [4.78, 5) is 25.7. The van der Waals surface area contributed by atoms with Crippen LogP contribution in [0, 0.1) is 13.8 Å². The van der Waals surface area contributed by atoms with Gasteiger partial charge in [0.25, 0.3) is 11.5 Å². The number of hydrogen-bond acceptors (Lipinski definition) is 4. The van der Waals surface area contributed by atoms with Gasteiger partial charge >= 0.3 is 0 Å². The Balaban J connectivity index is 1.70. The van der Waals surface area contributed by atoms with E-state index in [0.717, 1.165) is 22.4 Å². The van der Waals surface area contributed by atoms with Crippen LogP contribution in [0.4, 0.5) is 5.82 Å². The molecule has 0 fully saturated rings. The molecule has 0 saturated heterocycles. The van der Waals surface area contributed by atoms with Crippen LogP contribution < -0.4 is 10.9 Å². The zero-order valence-electron chi connectivity index (χ0n) is 17.4. The molecule has 7 nitrogen and oxygen atoms in total. The van der Waals surface area contributed by atoms with Crippen molar-refractivity contribution in [3.8, 4) is 11.3 Å². The van der Waals surface area contributed by atoms with E-state index in [1.807, 2.05) is 27.7 Å². The molecule has 0 atom stereocenters. The van der Waals surface area contributed by atoms with E-state index in [0.29, 0.717) is 16.6 Å². The van der Waals surface area contributed by atoms with Crippen molar-refractivity contribution >= 4 is 22.5 Å². The molecular formula is C23H23N5O2. The van der Waals surface area contributed by atoms with E-state index in [-0.39, 0.29) is 17.3 Å². The average Bonchev–Trinajstić information content (AvgIpc) is 3.16. The molecule has 4 rings (SSSR count). The molecule has 0 spiro atoms. The standard InChI is InChI=1S/C23H23N5O2/c1-13(2)28-23(30)18-8-6-5-7-17(18)21(27-28)22(29)24-20-12-19(25-26-20)16-10-14(3)9-15(4)11-16/h5-13H,1-4H3,(H2,24,25,26,29). The second-order valence-corrected chi connectivity index (χ2v) is 7.74. The number of anilines is 1. The molecule has 0 radical (unpaired) electrons. The first-order valence-corrected chi connectivity index (χ1v) is 9.80. The third-order valence-electron chi connectivity index (χ3n) is 4.88. The molecule has 152 valence electrons. The van der Waals surface area contributed by atoms with Crippen LogP contribution in [0.5, 0.6) is 0 Å². The quantitative estimate of drug-likeness (QED) is 0.535. The Hall–Kier alpha value is -3.74. The number of hydrogen-bond donors (Lipinski definition) is 2. The SMILES string of the molecule is Cc1cc(C)cc(-c2cc(NC(=O)c3nn(C(C)C)c(=O)c4ccccc34)n[nH]2)c1. The number of amides is 1. The minimum absolute atomic E-state index is 0.171. The van der Waals surface area contributed by atoms with Gasteiger partial charge in [-0.05, 0) is 45.9 Å². The lowest BCUT2D eigenvalue weighted by Crippen LogP contribution is -2.29. The first-order chi connectivity index (χ1) is 14.3. The molecule has 4 aromatic rings. The molecule has 2 heterocycles. The van der Waals surface area contributed by atoms with Crippen molar-refractivity contribution in [2.75, 3.05) is 5.32 Å². The Morgan fingerprint density at radius 1 is 1.03 bits per heavy atom. The first kappa shape index (κ1) is 19.6. The Bertz CT molecular complexity index is 1300. The Labute approximate surface area is 173 Å². The smallest absolute Gasteiger partial charge is 0.277 e. The summed E-state index contributed by atoms with van der Waals surface area (Å²) in [5, 5.41) is 15.3. The molecule has 2 aromatic heterocycles. The predicted molar refractivity (Wildman–Crippen MR) is 118 cm³/mol. The van der Waals surface area contributed by atoms with Gasteiger partial charge in [-0.2, -0.15) is 10.2 Å². The third kappa shape index (κ3) is 3.61. The minimum Gasteiger partial charge on any atom is -0.304 e. The van der Waals surface area contributed by atoms with Crippen LogP contribution in [0.3, 0.4) is 0 Å². The van der Waals surface area contributed by atoms with Gasteiger partial charge < -0.3 is 5.32 Å². The molecule has 2 aromatic carbocycles. The van der Waals surface area contributed by atoms with Gasteiger partial charge in [0, 0.05) is 17.0 Å². The van der Waals surface area contributed by atoms with E-state index in [4.69, 9.17) is 0 Å². The number of aromatic amines is 1. The number of benzene rings is 2. The Morgan fingerprint density at radius 2 is 1.70 bits per heavy atom. The second-order valence-electron chi connectivity index (χ2n) is 7.74. The van der Waals surface area contributed by atoms with E-state index in [9.17, 15) is 9.59 Å². The number of nitrogens with one attached hydrogen (secondary N) is 2. The largest absolute Gasteiger partial charge is 0.304 e. The molecule has 0 aliphatic carbocycles. The monoisotopic (exact) mass is 401 g/mol. The van der Waals surface area contributed by atoms with Crippen molar-refractivity contribution < 1.29 is 4.79 Å². The Kier molecular flexibility index (Phi) is 4.95. The van der Waals surface area contributed by atoms with Crippen LogP contribution in [0.1, 0.15) is 41.5 Å². The Morgan fingerprint density at radius 3 is 2.37 bits per heavy atom. The summed E-state index contributed by atoms with van der Waals surface area (Å²) in [6.07, 6.45) is 0. The predicted octanol–water partition coefficient (Wildman–Crippen LogP) is 4.24. The molecule has 0 unspecified atom stereocenters. The van der Waals surface area contributed by atoms with Gasteiger partial charge in [0.05, 0.1) is 17.1 Å². The van der Waals surface area contributed by atoms with E-state index in [1.165, 1.54) is 4.68 Å². The highest BCUT2D eigenvalue weighted by Crippen LogP contribution is 2.23. The molecule has 0 aliphatic rings. The van der Waals surface area contributed by atoms with Gasteiger partial charge in [0.1, 0.15) is 0 Å². The number of H-pyrrole nitrogens is 1. The van der Waals surface area contributed by atoms with E-state index in [2.05, 4.69) is 38.8 Å². The van der Waals surface area contributed by atoms with Crippen molar-refractivity contribution in [2.45, 2.75) is 33.7 Å². The molecule has 1 amide bonds. The summed E-state index contributed by atoms with van der Waals surface area (Å²) in [6.45, 7) is 7.79. The van der Waals surface area contributed by atoms with Gasteiger partial charge in [0.2, 0.25) is 0 Å². The van der Waals surface area contributed by atoms with Crippen LogP contribution in [-0.2, 0) is 0 Å². The van der Waals surface area contributed by atoms with Gasteiger partial charge in [-0.15, -0.1) is 0 Å². The van der Waals surface area contributed by atoms with Gasteiger partial charge in [-0.1, -0.05) is 35.4 Å². The molecule has 0 aliphatic heterocycles. The van der Waals surface area contributed by atoms with Gasteiger partial charge in [-0.3, -0.25) is 14.7 Å². The van der Waals surface area contributed by atoms with Crippen LogP contribution in [0.15, 0.2) is 53.3 Å². The zero-order chi connectivity index (χ0) is 21.4. The maximum Gasteiger partial charge on any atom is 0.277 e. The van der Waals surface area contributed by atoms with E-state index < -0.39 is 5.91 Å². The highest BCUT2D eigenvalue weighted by Gasteiger charge is 2.19.